The van der Waals surface area contributed by atoms with Crippen molar-refractivity contribution in [1.82, 2.24) is 4.72 Å². The van der Waals surface area contributed by atoms with Crippen molar-refractivity contribution in [3.8, 4) is 0 Å². The van der Waals surface area contributed by atoms with Gasteiger partial charge in [0.25, 0.3) is 15.9 Å². The predicted octanol–water partition coefficient (Wildman–Crippen LogP) is 1.71. The van der Waals surface area contributed by atoms with Crippen LogP contribution in [0.1, 0.15) is 23.0 Å². The highest BCUT2D eigenvalue weighted by Crippen LogP contribution is 2.22. The normalized spacial score (nSPS) is 11.1. The van der Waals surface area contributed by atoms with E-state index in [9.17, 15) is 18.0 Å². The molecule has 2 amide bonds. The number of aryl methyl sites for hydroxylation is 1. The second-order valence-electron chi connectivity index (χ2n) is 4.99. The number of rotatable bonds is 5. The summed E-state index contributed by atoms with van der Waals surface area (Å²) >= 11 is 0. The standard InChI is InChI=1S/C15H17N3O5S/c1-9-4-5-11(17-10(2)19)8-12(9)18-15(20)13-6-7-14(23-13)24(21,22)16-3/h4-8,16H,1-3H3,(H,17,19)(H,18,20). The summed E-state index contributed by atoms with van der Waals surface area (Å²) < 4.78 is 30.4. The summed E-state index contributed by atoms with van der Waals surface area (Å²) in [6.45, 7) is 3.16. The Balaban J connectivity index is 2.22. The quantitative estimate of drug-likeness (QED) is 0.758. The Kier molecular flexibility index (Phi) is 5.05. The SMILES string of the molecule is CNS(=O)(=O)c1ccc(C(=O)Nc2cc(NC(C)=O)ccc2C)o1. The van der Waals surface area contributed by atoms with E-state index in [4.69, 9.17) is 4.42 Å². The number of carbonyl (C=O) groups is 2. The minimum atomic E-state index is -3.76. The Bertz CT molecular complexity index is 886. The molecule has 1 aromatic carbocycles. The molecule has 1 heterocycles. The molecule has 0 spiro atoms. The van der Waals surface area contributed by atoms with E-state index < -0.39 is 15.9 Å². The van der Waals surface area contributed by atoms with Gasteiger partial charge in [-0.3, -0.25) is 9.59 Å². The van der Waals surface area contributed by atoms with E-state index >= 15 is 0 Å². The average Bonchev–Trinajstić information content (AvgIpc) is 3.01. The highest BCUT2D eigenvalue weighted by atomic mass is 32.2. The Morgan fingerprint density at radius 2 is 1.79 bits per heavy atom. The fourth-order valence-corrected chi connectivity index (χ4v) is 2.56. The summed E-state index contributed by atoms with van der Waals surface area (Å²) in [6.07, 6.45) is 0. The predicted molar refractivity (Wildman–Crippen MR) is 88.4 cm³/mol. The molecule has 2 rings (SSSR count). The lowest BCUT2D eigenvalue weighted by molar-refractivity contribution is -0.114. The molecule has 0 unspecified atom stereocenters. The van der Waals surface area contributed by atoms with Gasteiger partial charge >= 0.3 is 0 Å². The van der Waals surface area contributed by atoms with Crippen LogP contribution in [-0.2, 0) is 14.8 Å². The van der Waals surface area contributed by atoms with Gasteiger partial charge in [0.05, 0.1) is 0 Å². The molecule has 0 aliphatic rings. The number of benzene rings is 1. The molecule has 3 N–H and O–H groups in total. The van der Waals surface area contributed by atoms with Crippen LogP contribution in [0.5, 0.6) is 0 Å². The topological polar surface area (TPSA) is 118 Å². The van der Waals surface area contributed by atoms with Gasteiger partial charge in [-0.1, -0.05) is 6.07 Å². The maximum Gasteiger partial charge on any atom is 0.291 e. The maximum absolute atomic E-state index is 12.2. The first-order chi connectivity index (χ1) is 11.2. The van der Waals surface area contributed by atoms with Crippen molar-refractivity contribution in [3.05, 3.63) is 41.7 Å². The van der Waals surface area contributed by atoms with Gasteiger partial charge in [-0.25, -0.2) is 13.1 Å². The fourth-order valence-electron chi connectivity index (χ4n) is 1.91. The van der Waals surface area contributed by atoms with E-state index in [-0.39, 0.29) is 16.8 Å². The van der Waals surface area contributed by atoms with Crippen LogP contribution in [0.15, 0.2) is 39.8 Å². The van der Waals surface area contributed by atoms with Gasteiger partial charge in [0.15, 0.2) is 5.76 Å². The van der Waals surface area contributed by atoms with Crippen molar-refractivity contribution in [1.29, 1.82) is 0 Å². The van der Waals surface area contributed by atoms with E-state index in [0.29, 0.717) is 11.4 Å². The molecule has 0 bridgehead atoms. The lowest BCUT2D eigenvalue weighted by atomic mass is 10.1. The molecule has 8 nitrogen and oxygen atoms in total. The molecule has 9 heteroatoms. The number of furan rings is 1. The number of carbonyl (C=O) groups excluding carboxylic acids is 2. The molecule has 1 aromatic heterocycles. The Labute approximate surface area is 139 Å². The minimum Gasteiger partial charge on any atom is -0.438 e. The van der Waals surface area contributed by atoms with Crippen LogP contribution in [0.3, 0.4) is 0 Å². The van der Waals surface area contributed by atoms with Gasteiger partial charge in [-0.05, 0) is 43.8 Å². The molecule has 0 fully saturated rings. The van der Waals surface area contributed by atoms with Crippen molar-refractivity contribution in [2.24, 2.45) is 0 Å². The highest BCUT2D eigenvalue weighted by Gasteiger charge is 2.20. The zero-order valence-corrected chi connectivity index (χ0v) is 14.2. The number of anilines is 2. The third-order valence-corrected chi connectivity index (χ3v) is 4.43. The number of nitrogens with one attached hydrogen (secondary N) is 3. The van der Waals surface area contributed by atoms with Crippen molar-refractivity contribution in [3.63, 3.8) is 0 Å². The first-order valence-corrected chi connectivity index (χ1v) is 8.44. The summed E-state index contributed by atoms with van der Waals surface area (Å²) in [5.41, 5.74) is 1.77. The Morgan fingerprint density at radius 1 is 1.08 bits per heavy atom. The van der Waals surface area contributed by atoms with Gasteiger partial charge in [-0.15, -0.1) is 0 Å². The number of sulfonamides is 1. The highest BCUT2D eigenvalue weighted by molar-refractivity contribution is 7.89. The fraction of sp³-hybridized carbons (Fsp3) is 0.200. The van der Waals surface area contributed by atoms with Crippen molar-refractivity contribution < 1.29 is 22.4 Å². The monoisotopic (exact) mass is 351 g/mol. The van der Waals surface area contributed by atoms with Crippen molar-refractivity contribution >= 4 is 33.2 Å². The zero-order valence-electron chi connectivity index (χ0n) is 13.3. The van der Waals surface area contributed by atoms with Crippen LogP contribution in [0.4, 0.5) is 11.4 Å². The lowest BCUT2D eigenvalue weighted by Gasteiger charge is -2.10. The van der Waals surface area contributed by atoms with Crippen LogP contribution < -0.4 is 15.4 Å². The summed E-state index contributed by atoms with van der Waals surface area (Å²) in [7, 11) is -2.51. The van der Waals surface area contributed by atoms with Crippen LogP contribution in [0.2, 0.25) is 0 Å². The second kappa shape index (κ2) is 6.85. The first kappa shape index (κ1) is 17.7. The van der Waals surface area contributed by atoms with Crippen LogP contribution >= 0.6 is 0 Å². The molecule has 24 heavy (non-hydrogen) atoms. The molecule has 0 aliphatic carbocycles. The molecule has 0 aliphatic heterocycles. The molecule has 0 saturated carbocycles. The van der Waals surface area contributed by atoms with Crippen molar-refractivity contribution in [2.75, 3.05) is 17.7 Å². The van der Waals surface area contributed by atoms with E-state index in [2.05, 4.69) is 15.4 Å². The molecule has 0 saturated heterocycles. The van der Waals surface area contributed by atoms with Crippen LogP contribution in [0.25, 0.3) is 0 Å². The molecule has 0 atom stereocenters. The average molecular weight is 351 g/mol. The summed E-state index contributed by atoms with van der Waals surface area (Å²) in [5, 5.41) is 4.89. The smallest absolute Gasteiger partial charge is 0.291 e. The second-order valence-corrected chi connectivity index (χ2v) is 6.81. The third-order valence-electron chi connectivity index (χ3n) is 3.14. The van der Waals surface area contributed by atoms with E-state index in [0.717, 1.165) is 5.56 Å². The van der Waals surface area contributed by atoms with Crippen LogP contribution in [0, 0.1) is 6.92 Å². The van der Waals surface area contributed by atoms with Gasteiger partial charge < -0.3 is 15.1 Å². The third kappa shape index (κ3) is 4.00. The molecular formula is C15H17N3O5S. The van der Waals surface area contributed by atoms with E-state index in [1.54, 1.807) is 25.1 Å². The first-order valence-electron chi connectivity index (χ1n) is 6.96. The van der Waals surface area contributed by atoms with Crippen molar-refractivity contribution in [2.45, 2.75) is 18.9 Å². The molecule has 128 valence electrons. The largest absolute Gasteiger partial charge is 0.438 e. The summed E-state index contributed by atoms with van der Waals surface area (Å²) in [5.74, 6) is -0.979. The molecular weight excluding hydrogens is 334 g/mol. The number of hydrogen-bond acceptors (Lipinski definition) is 5. The summed E-state index contributed by atoms with van der Waals surface area (Å²) in [4.78, 5) is 23.3. The lowest BCUT2D eigenvalue weighted by Crippen LogP contribution is -2.18. The van der Waals surface area contributed by atoms with E-state index in [1.807, 2.05) is 0 Å². The Hall–Kier alpha value is -2.65. The van der Waals surface area contributed by atoms with Gasteiger partial charge in [0.2, 0.25) is 11.0 Å². The zero-order chi connectivity index (χ0) is 17.9. The number of hydrogen-bond donors (Lipinski definition) is 3. The van der Waals surface area contributed by atoms with Gasteiger partial charge in [0, 0.05) is 18.3 Å². The van der Waals surface area contributed by atoms with Gasteiger partial charge in [-0.2, -0.15) is 0 Å². The van der Waals surface area contributed by atoms with E-state index in [1.165, 1.54) is 26.1 Å². The molecule has 2 aromatic rings. The maximum atomic E-state index is 12.2. The molecule has 0 radical (unpaired) electrons. The Morgan fingerprint density at radius 3 is 2.42 bits per heavy atom. The summed E-state index contributed by atoms with van der Waals surface area (Å²) in [6, 6.07) is 7.51. The minimum absolute atomic E-state index is 0.145. The van der Waals surface area contributed by atoms with Gasteiger partial charge in [0.1, 0.15) is 0 Å². The number of amides is 2. The van der Waals surface area contributed by atoms with Crippen LogP contribution in [-0.4, -0.2) is 27.3 Å².